The Kier molecular flexibility index (Phi) is 3.87. The Labute approximate surface area is 126 Å². The minimum atomic E-state index is -0.738. The molecule has 1 aliphatic rings. The standard InChI is InChI=1S/C15H15ClO3S/c1-9-3-4-14(20-9)15(17)10-7-12-13(8-11(10)16)19-6-2-5-18-12/h3-4,7-8,15,17H,2,5-6H2,1H3. The Hall–Kier alpha value is -1.23. The Morgan fingerprint density at radius 1 is 1.20 bits per heavy atom. The number of hydrogen-bond acceptors (Lipinski definition) is 4. The van der Waals surface area contributed by atoms with Gasteiger partial charge in [0.15, 0.2) is 11.5 Å². The molecule has 2 aromatic rings. The maximum atomic E-state index is 10.5. The zero-order valence-electron chi connectivity index (χ0n) is 11.1. The first-order valence-corrected chi connectivity index (χ1v) is 7.68. The molecule has 0 radical (unpaired) electrons. The van der Waals surface area contributed by atoms with Crippen molar-refractivity contribution in [3.05, 3.63) is 44.6 Å². The summed E-state index contributed by atoms with van der Waals surface area (Å²) in [6.07, 6.45) is 0.104. The van der Waals surface area contributed by atoms with E-state index in [9.17, 15) is 5.11 Å². The molecule has 1 aromatic carbocycles. The van der Waals surface area contributed by atoms with Gasteiger partial charge >= 0.3 is 0 Å². The molecule has 1 atom stereocenters. The molecule has 106 valence electrons. The van der Waals surface area contributed by atoms with Gasteiger partial charge in [0, 0.05) is 27.8 Å². The van der Waals surface area contributed by atoms with Crippen LogP contribution >= 0.6 is 22.9 Å². The minimum absolute atomic E-state index is 0.493. The van der Waals surface area contributed by atoms with Gasteiger partial charge in [-0.3, -0.25) is 0 Å². The summed E-state index contributed by atoms with van der Waals surface area (Å²) in [5.74, 6) is 1.29. The van der Waals surface area contributed by atoms with Gasteiger partial charge in [0.05, 0.1) is 18.2 Å². The quantitative estimate of drug-likeness (QED) is 0.912. The fourth-order valence-corrected chi connectivity index (χ4v) is 3.30. The number of aliphatic hydroxyl groups excluding tert-OH is 1. The van der Waals surface area contributed by atoms with Crippen LogP contribution in [-0.2, 0) is 0 Å². The van der Waals surface area contributed by atoms with Gasteiger partial charge < -0.3 is 14.6 Å². The van der Waals surface area contributed by atoms with E-state index in [1.807, 2.05) is 19.1 Å². The zero-order chi connectivity index (χ0) is 14.1. The molecule has 3 rings (SSSR count). The molecule has 0 saturated carbocycles. The normalized spacial score (nSPS) is 15.8. The highest BCUT2D eigenvalue weighted by Crippen LogP contribution is 2.40. The second-order valence-electron chi connectivity index (χ2n) is 4.72. The van der Waals surface area contributed by atoms with E-state index in [0.717, 1.165) is 16.2 Å². The number of rotatable bonds is 2. The molecule has 0 aliphatic carbocycles. The van der Waals surface area contributed by atoms with Crippen LogP contribution in [0.4, 0.5) is 0 Å². The van der Waals surface area contributed by atoms with Crippen LogP contribution in [-0.4, -0.2) is 18.3 Å². The number of thiophene rings is 1. The average molecular weight is 311 g/mol. The number of fused-ring (bicyclic) bond motifs is 1. The third-order valence-electron chi connectivity index (χ3n) is 3.19. The van der Waals surface area contributed by atoms with E-state index in [4.69, 9.17) is 21.1 Å². The second-order valence-corrected chi connectivity index (χ2v) is 6.45. The molecule has 0 bridgehead atoms. The number of aliphatic hydroxyl groups is 1. The molecule has 1 unspecified atom stereocenters. The Morgan fingerprint density at radius 3 is 2.55 bits per heavy atom. The van der Waals surface area contributed by atoms with E-state index < -0.39 is 6.10 Å². The van der Waals surface area contributed by atoms with Crippen molar-refractivity contribution in [3.8, 4) is 11.5 Å². The van der Waals surface area contributed by atoms with Crippen molar-refractivity contribution in [1.82, 2.24) is 0 Å². The average Bonchev–Trinajstić information content (AvgIpc) is 2.73. The number of halogens is 1. The van der Waals surface area contributed by atoms with Crippen LogP contribution < -0.4 is 9.47 Å². The van der Waals surface area contributed by atoms with Gasteiger partial charge in [-0.15, -0.1) is 11.3 Å². The maximum Gasteiger partial charge on any atom is 0.162 e. The Bertz CT molecular complexity index is 624. The first-order valence-electron chi connectivity index (χ1n) is 6.48. The fourth-order valence-electron chi connectivity index (χ4n) is 2.16. The maximum absolute atomic E-state index is 10.5. The molecule has 0 spiro atoms. The van der Waals surface area contributed by atoms with Crippen molar-refractivity contribution in [2.45, 2.75) is 19.4 Å². The molecule has 20 heavy (non-hydrogen) atoms. The van der Waals surface area contributed by atoms with E-state index in [1.54, 1.807) is 23.5 Å². The van der Waals surface area contributed by atoms with Gasteiger partial charge in [0.2, 0.25) is 0 Å². The van der Waals surface area contributed by atoms with Crippen LogP contribution in [0.15, 0.2) is 24.3 Å². The number of benzene rings is 1. The largest absolute Gasteiger partial charge is 0.490 e. The molecule has 2 heterocycles. The van der Waals surface area contributed by atoms with Crippen molar-refractivity contribution >= 4 is 22.9 Å². The van der Waals surface area contributed by atoms with Crippen molar-refractivity contribution < 1.29 is 14.6 Å². The van der Waals surface area contributed by atoms with Crippen molar-refractivity contribution in [2.75, 3.05) is 13.2 Å². The van der Waals surface area contributed by atoms with Gasteiger partial charge in [0.1, 0.15) is 6.10 Å². The summed E-state index contributed by atoms with van der Waals surface area (Å²) < 4.78 is 11.2. The van der Waals surface area contributed by atoms with Gasteiger partial charge in [-0.05, 0) is 25.1 Å². The van der Waals surface area contributed by atoms with Gasteiger partial charge in [-0.1, -0.05) is 11.6 Å². The lowest BCUT2D eigenvalue weighted by Crippen LogP contribution is -2.00. The molecule has 1 aliphatic heterocycles. The summed E-state index contributed by atoms with van der Waals surface area (Å²) >= 11 is 7.84. The van der Waals surface area contributed by atoms with E-state index >= 15 is 0 Å². The van der Waals surface area contributed by atoms with Gasteiger partial charge in [0.25, 0.3) is 0 Å². The Balaban J connectivity index is 1.99. The first-order chi connectivity index (χ1) is 9.65. The smallest absolute Gasteiger partial charge is 0.162 e. The first kappa shape index (κ1) is 13.7. The van der Waals surface area contributed by atoms with E-state index in [-0.39, 0.29) is 0 Å². The molecule has 1 aromatic heterocycles. The highest BCUT2D eigenvalue weighted by molar-refractivity contribution is 7.12. The van der Waals surface area contributed by atoms with Crippen molar-refractivity contribution in [2.24, 2.45) is 0 Å². The molecule has 0 saturated heterocycles. The molecule has 1 N–H and O–H groups in total. The SMILES string of the molecule is Cc1ccc(C(O)c2cc3c(cc2Cl)OCCCO3)s1. The highest BCUT2D eigenvalue weighted by Gasteiger charge is 2.20. The number of aryl methyl sites for hydroxylation is 1. The predicted molar refractivity (Wildman–Crippen MR) is 80.2 cm³/mol. The monoisotopic (exact) mass is 310 g/mol. The molecular weight excluding hydrogens is 296 g/mol. The van der Waals surface area contributed by atoms with Crippen LogP contribution in [0.25, 0.3) is 0 Å². The van der Waals surface area contributed by atoms with Crippen LogP contribution in [0.5, 0.6) is 11.5 Å². The van der Waals surface area contributed by atoms with Crippen LogP contribution in [0.1, 0.15) is 27.8 Å². The lowest BCUT2D eigenvalue weighted by molar-refractivity contribution is 0.223. The Morgan fingerprint density at radius 2 is 1.90 bits per heavy atom. The predicted octanol–water partition coefficient (Wildman–Crippen LogP) is 3.95. The topological polar surface area (TPSA) is 38.7 Å². The number of ether oxygens (including phenoxy) is 2. The van der Waals surface area contributed by atoms with E-state index in [1.165, 1.54) is 0 Å². The third-order valence-corrected chi connectivity index (χ3v) is 4.57. The van der Waals surface area contributed by atoms with Gasteiger partial charge in [-0.25, -0.2) is 0 Å². The molecule has 5 heteroatoms. The van der Waals surface area contributed by atoms with Gasteiger partial charge in [-0.2, -0.15) is 0 Å². The molecule has 3 nitrogen and oxygen atoms in total. The lowest BCUT2D eigenvalue weighted by atomic mass is 10.1. The summed E-state index contributed by atoms with van der Waals surface area (Å²) in [6.45, 7) is 3.24. The van der Waals surface area contributed by atoms with E-state index in [2.05, 4.69) is 0 Å². The van der Waals surface area contributed by atoms with Crippen LogP contribution in [0, 0.1) is 6.92 Å². The summed E-state index contributed by atoms with van der Waals surface area (Å²) in [5, 5.41) is 11.0. The minimum Gasteiger partial charge on any atom is -0.490 e. The second kappa shape index (κ2) is 5.64. The molecule has 0 fully saturated rings. The number of hydrogen-bond donors (Lipinski definition) is 1. The highest BCUT2D eigenvalue weighted by atomic mass is 35.5. The molecular formula is C15H15ClO3S. The van der Waals surface area contributed by atoms with Crippen molar-refractivity contribution in [3.63, 3.8) is 0 Å². The van der Waals surface area contributed by atoms with Crippen LogP contribution in [0.3, 0.4) is 0 Å². The van der Waals surface area contributed by atoms with Crippen LogP contribution in [0.2, 0.25) is 5.02 Å². The fraction of sp³-hybridized carbons (Fsp3) is 0.333. The summed E-state index contributed by atoms with van der Waals surface area (Å²) in [6, 6.07) is 7.41. The molecule has 0 amide bonds. The van der Waals surface area contributed by atoms with E-state index in [0.29, 0.717) is 35.3 Å². The zero-order valence-corrected chi connectivity index (χ0v) is 12.6. The summed E-state index contributed by atoms with van der Waals surface area (Å²) in [7, 11) is 0. The third kappa shape index (κ3) is 2.64. The van der Waals surface area contributed by atoms with Crippen molar-refractivity contribution in [1.29, 1.82) is 0 Å². The lowest BCUT2D eigenvalue weighted by Gasteiger charge is -2.15. The summed E-state index contributed by atoms with van der Waals surface area (Å²) in [5.41, 5.74) is 0.651. The summed E-state index contributed by atoms with van der Waals surface area (Å²) in [4.78, 5) is 2.03.